The molecule has 134 valence electrons. The van der Waals surface area contributed by atoms with E-state index in [1.807, 2.05) is 0 Å². The van der Waals surface area contributed by atoms with Gasteiger partial charge in [-0.15, -0.1) is 0 Å². The first kappa shape index (κ1) is 19.5. The topological polar surface area (TPSA) is 66.5 Å². The van der Waals surface area contributed by atoms with Crippen LogP contribution in [-0.2, 0) is 21.4 Å². The molecule has 0 spiro atoms. The Hall–Kier alpha value is -1.84. The predicted octanol–water partition coefficient (Wildman–Crippen LogP) is 3.13. The van der Waals surface area contributed by atoms with Crippen LogP contribution in [0.15, 0.2) is 46.9 Å². The Morgan fingerprint density at radius 1 is 1.16 bits per heavy atom. The highest BCUT2D eigenvalue weighted by Crippen LogP contribution is 2.16. The van der Waals surface area contributed by atoms with Crippen LogP contribution in [0, 0.1) is 11.6 Å². The molecule has 1 N–H and O–H groups in total. The van der Waals surface area contributed by atoms with Crippen molar-refractivity contribution in [2.24, 2.45) is 0 Å². The summed E-state index contributed by atoms with van der Waals surface area (Å²) in [6.07, 6.45) is 0.984. The summed E-state index contributed by atoms with van der Waals surface area (Å²) in [6, 6.07) is 9.65. The normalized spacial score (nSPS) is 11.6. The van der Waals surface area contributed by atoms with Crippen molar-refractivity contribution in [3.63, 3.8) is 0 Å². The minimum atomic E-state index is -3.67. The molecule has 0 aromatic heterocycles. The minimum absolute atomic E-state index is 0.00850. The molecule has 2 aromatic rings. The lowest BCUT2D eigenvalue weighted by molar-refractivity contribution is -0.116. The second kappa shape index (κ2) is 8.03. The number of rotatable bonds is 6. The summed E-state index contributed by atoms with van der Waals surface area (Å²) in [7, 11) is -3.67. The van der Waals surface area contributed by atoms with Crippen molar-refractivity contribution in [2.75, 3.05) is 18.1 Å². The summed E-state index contributed by atoms with van der Waals surface area (Å²) in [5.74, 6) is -2.44. The number of nitrogens with one attached hydrogen (secondary N) is 1. The van der Waals surface area contributed by atoms with E-state index in [9.17, 15) is 22.0 Å². The Morgan fingerprint density at radius 2 is 1.80 bits per heavy atom. The van der Waals surface area contributed by atoms with Gasteiger partial charge in [-0.2, -0.15) is 4.31 Å². The number of anilines is 1. The van der Waals surface area contributed by atoms with E-state index >= 15 is 0 Å². The molecule has 1 amide bonds. The summed E-state index contributed by atoms with van der Waals surface area (Å²) >= 11 is 3.28. The van der Waals surface area contributed by atoms with Crippen molar-refractivity contribution in [1.29, 1.82) is 0 Å². The van der Waals surface area contributed by atoms with E-state index in [-0.39, 0.29) is 12.2 Å². The van der Waals surface area contributed by atoms with Crippen LogP contribution in [0.25, 0.3) is 0 Å². The number of carbonyl (C=O) groups excluding carboxylic acids is 1. The smallest absolute Gasteiger partial charge is 0.239 e. The fourth-order valence-corrected chi connectivity index (χ4v) is 3.02. The van der Waals surface area contributed by atoms with E-state index in [0.717, 1.165) is 27.2 Å². The van der Waals surface area contributed by atoms with Crippen LogP contribution in [0.5, 0.6) is 0 Å². The quantitative estimate of drug-likeness (QED) is 0.762. The highest BCUT2D eigenvalue weighted by Gasteiger charge is 2.21. The monoisotopic (exact) mass is 432 g/mol. The molecular weight excluding hydrogens is 418 g/mol. The molecule has 0 aliphatic heterocycles. The zero-order chi connectivity index (χ0) is 18.6. The first-order valence-electron chi connectivity index (χ1n) is 7.09. The fraction of sp³-hybridized carbons (Fsp3) is 0.188. The average molecular weight is 433 g/mol. The van der Waals surface area contributed by atoms with Crippen molar-refractivity contribution in [2.45, 2.75) is 6.54 Å². The molecule has 2 rings (SSSR count). The van der Waals surface area contributed by atoms with Crippen molar-refractivity contribution in [3.8, 4) is 0 Å². The Bertz CT molecular complexity index is 873. The van der Waals surface area contributed by atoms with Gasteiger partial charge in [0, 0.05) is 17.1 Å². The largest absolute Gasteiger partial charge is 0.322 e. The van der Waals surface area contributed by atoms with Gasteiger partial charge in [-0.05, 0) is 29.8 Å². The predicted molar refractivity (Wildman–Crippen MR) is 94.4 cm³/mol. The van der Waals surface area contributed by atoms with E-state index in [1.165, 1.54) is 0 Å². The minimum Gasteiger partial charge on any atom is -0.322 e. The molecule has 2 aromatic carbocycles. The number of hydrogen-bond acceptors (Lipinski definition) is 3. The number of hydrogen-bond donors (Lipinski definition) is 1. The van der Waals surface area contributed by atoms with Crippen LogP contribution in [0.2, 0.25) is 0 Å². The van der Waals surface area contributed by atoms with Crippen LogP contribution in [0.1, 0.15) is 5.56 Å². The number of sulfonamides is 1. The molecular formula is C16H15BrF2N2O3S. The van der Waals surface area contributed by atoms with Crippen molar-refractivity contribution >= 4 is 37.5 Å². The van der Waals surface area contributed by atoms with Crippen LogP contribution in [0.4, 0.5) is 14.5 Å². The number of halogens is 3. The van der Waals surface area contributed by atoms with Crippen molar-refractivity contribution in [1.82, 2.24) is 4.31 Å². The second-order valence-electron chi connectivity index (χ2n) is 5.33. The lowest BCUT2D eigenvalue weighted by Crippen LogP contribution is -2.37. The first-order valence-corrected chi connectivity index (χ1v) is 9.74. The van der Waals surface area contributed by atoms with Gasteiger partial charge in [0.15, 0.2) is 0 Å². The highest BCUT2D eigenvalue weighted by molar-refractivity contribution is 9.10. The zero-order valence-electron chi connectivity index (χ0n) is 13.2. The van der Waals surface area contributed by atoms with Gasteiger partial charge in [0.1, 0.15) is 11.6 Å². The van der Waals surface area contributed by atoms with E-state index in [0.29, 0.717) is 11.6 Å². The van der Waals surface area contributed by atoms with Gasteiger partial charge in [-0.1, -0.05) is 28.1 Å². The van der Waals surface area contributed by atoms with Gasteiger partial charge < -0.3 is 5.32 Å². The molecule has 0 atom stereocenters. The average Bonchev–Trinajstić information content (AvgIpc) is 2.50. The zero-order valence-corrected chi connectivity index (χ0v) is 15.6. The van der Waals surface area contributed by atoms with Gasteiger partial charge in [0.05, 0.1) is 18.5 Å². The molecule has 5 nitrogen and oxygen atoms in total. The summed E-state index contributed by atoms with van der Waals surface area (Å²) in [5, 5.41) is 2.24. The summed E-state index contributed by atoms with van der Waals surface area (Å²) in [5.41, 5.74) is 0.470. The molecule has 0 heterocycles. The maximum absolute atomic E-state index is 13.6. The number of nitrogens with zero attached hydrogens (tertiary/aromatic N) is 1. The second-order valence-corrected chi connectivity index (χ2v) is 8.23. The van der Waals surface area contributed by atoms with Gasteiger partial charge in [0.2, 0.25) is 15.9 Å². The Morgan fingerprint density at radius 3 is 2.36 bits per heavy atom. The molecule has 0 saturated carbocycles. The molecule has 0 unspecified atom stereocenters. The van der Waals surface area contributed by atoms with Crippen molar-refractivity contribution < 1.29 is 22.0 Å². The molecule has 0 radical (unpaired) electrons. The maximum Gasteiger partial charge on any atom is 0.239 e. The van der Waals surface area contributed by atoms with Gasteiger partial charge in [0.25, 0.3) is 0 Å². The fourth-order valence-electron chi connectivity index (χ4n) is 2.02. The molecule has 0 aliphatic rings. The Balaban J connectivity index is 2.11. The first-order chi connectivity index (χ1) is 11.6. The van der Waals surface area contributed by atoms with Gasteiger partial charge >= 0.3 is 0 Å². The van der Waals surface area contributed by atoms with E-state index in [1.54, 1.807) is 24.3 Å². The maximum atomic E-state index is 13.6. The third kappa shape index (κ3) is 5.87. The molecule has 0 aliphatic carbocycles. The summed E-state index contributed by atoms with van der Waals surface area (Å²) in [6.45, 7) is -0.503. The highest BCUT2D eigenvalue weighted by atomic mass is 79.9. The van der Waals surface area contributed by atoms with Crippen LogP contribution < -0.4 is 5.32 Å². The SMILES string of the molecule is CS(=O)(=O)N(CC(=O)Nc1ccc(F)cc1F)Cc1ccc(Br)cc1. The molecule has 0 bridgehead atoms. The summed E-state index contributed by atoms with van der Waals surface area (Å²) < 4.78 is 52.1. The van der Waals surface area contributed by atoms with Crippen LogP contribution >= 0.6 is 15.9 Å². The van der Waals surface area contributed by atoms with Crippen LogP contribution in [-0.4, -0.2) is 31.4 Å². The molecule has 25 heavy (non-hydrogen) atoms. The third-order valence-corrected chi connectivity index (χ3v) is 4.99. The van der Waals surface area contributed by atoms with E-state index in [2.05, 4.69) is 21.2 Å². The van der Waals surface area contributed by atoms with E-state index < -0.39 is 34.1 Å². The Labute approximate surface area is 152 Å². The number of carbonyl (C=O) groups is 1. The van der Waals surface area contributed by atoms with Gasteiger partial charge in [-0.25, -0.2) is 17.2 Å². The lowest BCUT2D eigenvalue weighted by Gasteiger charge is -2.19. The van der Waals surface area contributed by atoms with Crippen molar-refractivity contribution in [3.05, 3.63) is 64.1 Å². The van der Waals surface area contributed by atoms with Crippen LogP contribution in [0.3, 0.4) is 0 Å². The molecule has 9 heteroatoms. The number of benzene rings is 2. The molecule has 0 saturated heterocycles. The Kier molecular flexibility index (Phi) is 6.26. The van der Waals surface area contributed by atoms with Gasteiger partial charge in [-0.3, -0.25) is 4.79 Å². The van der Waals surface area contributed by atoms with E-state index in [4.69, 9.17) is 0 Å². The lowest BCUT2D eigenvalue weighted by atomic mass is 10.2. The molecule has 0 fully saturated rings. The summed E-state index contributed by atoms with van der Waals surface area (Å²) in [4.78, 5) is 12.1. The third-order valence-electron chi connectivity index (χ3n) is 3.27. The standard InChI is InChI=1S/C16H15BrF2N2O3S/c1-25(23,24)21(9-11-2-4-12(17)5-3-11)10-16(22)20-15-7-6-13(18)8-14(15)19/h2-8H,9-10H2,1H3,(H,20,22). The number of amides is 1.